The molecule has 3 N–H and O–H groups in total. The second-order valence-electron chi connectivity index (χ2n) is 5.16. The van der Waals surface area contributed by atoms with Gasteiger partial charge in [0.2, 0.25) is 0 Å². The topological polar surface area (TPSA) is 89.9 Å². The molecule has 0 bridgehead atoms. The highest BCUT2D eigenvalue weighted by atomic mass is 35.5. The Morgan fingerprint density at radius 3 is 2.27 bits per heavy atom. The smallest absolute Gasteiger partial charge is 0.414 e. The number of carboxylic acids is 2. The normalized spacial score (nSPS) is 15.7. The van der Waals surface area contributed by atoms with Crippen LogP contribution in [0, 0.1) is 0 Å². The molecule has 122 valence electrons. The van der Waals surface area contributed by atoms with Crippen LogP contribution < -0.4 is 5.32 Å². The third-order valence-corrected chi connectivity index (χ3v) is 3.81. The summed E-state index contributed by atoms with van der Waals surface area (Å²) in [6, 6.07) is 8.70. The summed E-state index contributed by atoms with van der Waals surface area (Å²) < 4.78 is 0. The van der Waals surface area contributed by atoms with Crippen LogP contribution in [0.2, 0.25) is 5.02 Å². The van der Waals surface area contributed by atoms with Crippen molar-refractivity contribution < 1.29 is 19.8 Å². The number of piperidine rings is 1. The second-order valence-corrected chi connectivity index (χ2v) is 5.57. The first-order chi connectivity index (χ1) is 10.4. The maximum atomic E-state index is 9.10. The highest BCUT2D eigenvalue weighted by Gasteiger charge is 2.15. The average molecular weight is 329 g/mol. The lowest BCUT2D eigenvalue weighted by atomic mass is 10.1. The minimum absolute atomic E-state index is 0.646. The molecule has 1 aliphatic heterocycles. The largest absolute Gasteiger partial charge is 0.473 e. The fourth-order valence-corrected chi connectivity index (χ4v) is 2.31. The molecule has 1 aromatic carbocycles. The van der Waals surface area contributed by atoms with Crippen molar-refractivity contribution in [1.29, 1.82) is 0 Å². The standard InChI is InChI=1S/C13H19ClN2.C2H2O4/c1-16-8-6-12(7-9-16)15-10-11-4-2-3-5-13(11)14;3-1(4)2(5)6/h2-5,12,15H,6-10H2,1H3;(H,3,4)(H,5,6). The van der Waals surface area contributed by atoms with E-state index in [1.807, 2.05) is 18.2 Å². The molecule has 0 saturated carbocycles. The second kappa shape index (κ2) is 9.40. The molecule has 6 nitrogen and oxygen atoms in total. The van der Waals surface area contributed by atoms with E-state index in [2.05, 4.69) is 23.3 Å². The number of likely N-dealkylation sites (tertiary alicyclic amines) is 1. The van der Waals surface area contributed by atoms with Crippen LogP contribution in [0.1, 0.15) is 18.4 Å². The summed E-state index contributed by atoms with van der Waals surface area (Å²) in [5.41, 5.74) is 1.20. The lowest BCUT2D eigenvalue weighted by Gasteiger charge is -2.29. The zero-order chi connectivity index (χ0) is 16.5. The van der Waals surface area contributed by atoms with Crippen LogP contribution >= 0.6 is 11.6 Å². The van der Waals surface area contributed by atoms with E-state index in [4.69, 9.17) is 31.4 Å². The minimum atomic E-state index is -1.82. The maximum absolute atomic E-state index is 9.10. The molecule has 0 spiro atoms. The summed E-state index contributed by atoms with van der Waals surface area (Å²) in [6.07, 6.45) is 2.47. The summed E-state index contributed by atoms with van der Waals surface area (Å²) in [6.45, 7) is 3.27. The molecule has 22 heavy (non-hydrogen) atoms. The molecular formula is C15H21ClN2O4. The van der Waals surface area contributed by atoms with Gasteiger partial charge in [-0.3, -0.25) is 0 Å². The first-order valence-electron chi connectivity index (χ1n) is 7.01. The molecule has 7 heteroatoms. The highest BCUT2D eigenvalue weighted by Crippen LogP contribution is 2.16. The Morgan fingerprint density at radius 2 is 1.77 bits per heavy atom. The Morgan fingerprint density at radius 1 is 1.23 bits per heavy atom. The molecule has 0 amide bonds. The SMILES string of the molecule is CN1CCC(NCc2ccccc2Cl)CC1.O=C(O)C(=O)O. The lowest BCUT2D eigenvalue weighted by Crippen LogP contribution is -2.40. The van der Waals surface area contributed by atoms with Gasteiger partial charge in [0.15, 0.2) is 0 Å². The van der Waals surface area contributed by atoms with Gasteiger partial charge in [0, 0.05) is 17.6 Å². The molecule has 0 atom stereocenters. The Hall–Kier alpha value is -1.63. The number of rotatable bonds is 3. The molecule has 1 aliphatic rings. The van der Waals surface area contributed by atoms with E-state index in [0.29, 0.717) is 6.04 Å². The summed E-state index contributed by atoms with van der Waals surface area (Å²) in [5.74, 6) is -3.65. The number of nitrogens with one attached hydrogen (secondary N) is 1. The number of carbonyl (C=O) groups is 2. The monoisotopic (exact) mass is 328 g/mol. The summed E-state index contributed by atoms with van der Waals surface area (Å²) in [7, 11) is 2.18. The number of benzene rings is 1. The van der Waals surface area contributed by atoms with E-state index in [1.165, 1.54) is 31.5 Å². The molecule has 1 heterocycles. The molecule has 1 fully saturated rings. The lowest BCUT2D eigenvalue weighted by molar-refractivity contribution is -0.159. The highest BCUT2D eigenvalue weighted by molar-refractivity contribution is 6.31. The summed E-state index contributed by atoms with van der Waals surface area (Å²) in [5, 5.41) is 19.2. The van der Waals surface area contributed by atoms with Crippen LogP contribution in [-0.2, 0) is 16.1 Å². The number of aliphatic carboxylic acids is 2. The van der Waals surface area contributed by atoms with Crippen LogP contribution in [0.25, 0.3) is 0 Å². The zero-order valence-electron chi connectivity index (χ0n) is 12.5. The summed E-state index contributed by atoms with van der Waals surface area (Å²) >= 11 is 6.12. The number of nitrogens with zero attached hydrogens (tertiary/aromatic N) is 1. The quantitative estimate of drug-likeness (QED) is 0.731. The van der Waals surface area contributed by atoms with E-state index in [0.717, 1.165) is 11.6 Å². The third kappa shape index (κ3) is 6.89. The van der Waals surface area contributed by atoms with Gasteiger partial charge in [0.25, 0.3) is 0 Å². The average Bonchev–Trinajstić information content (AvgIpc) is 2.48. The van der Waals surface area contributed by atoms with Crippen molar-refractivity contribution in [2.45, 2.75) is 25.4 Å². The van der Waals surface area contributed by atoms with Gasteiger partial charge in [0.05, 0.1) is 0 Å². The molecular weight excluding hydrogens is 308 g/mol. The van der Waals surface area contributed by atoms with Crippen molar-refractivity contribution in [2.75, 3.05) is 20.1 Å². The van der Waals surface area contributed by atoms with Crippen LogP contribution in [0.5, 0.6) is 0 Å². The van der Waals surface area contributed by atoms with Gasteiger partial charge in [-0.2, -0.15) is 0 Å². The Labute approximate surface area is 134 Å². The number of halogens is 1. The Kier molecular flexibility index (Phi) is 7.87. The van der Waals surface area contributed by atoms with Crippen molar-refractivity contribution >= 4 is 23.5 Å². The van der Waals surface area contributed by atoms with Crippen molar-refractivity contribution in [3.63, 3.8) is 0 Å². The van der Waals surface area contributed by atoms with Crippen LogP contribution in [-0.4, -0.2) is 53.2 Å². The van der Waals surface area contributed by atoms with E-state index in [1.54, 1.807) is 0 Å². The molecule has 0 aromatic heterocycles. The summed E-state index contributed by atoms with van der Waals surface area (Å²) in [4.78, 5) is 20.6. The van der Waals surface area contributed by atoms with Gasteiger partial charge in [-0.15, -0.1) is 0 Å². The minimum Gasteiger partial charge on any atom is -0.473 e. The Balaban J connectivity index is 0.000000346. The van der Waals surface area contributed by atoms with E-state index >= 15 is 0 Å². The van der Waals surface area contributed by atoms with E-state index < -0.39 is 11.9 Å². The fourth-order valence-electron chi connectivity index (χ4n) is 2.11. The molecule has 0 unspecified atom stereocenters. The third-order valence-electron chi connectivity index (χ3n) is 3.44. The number of hydrogen-bond donors (Lipinski definition) is 3. The van der Waals surface area contributed by atoms with Gasteiger partial charge in [-0.25, -0.2) is 9.59 Å². The van der Waals surface area contributed by atoms with Crippen molar-refractivity contribution in [3.05, 3.63) is 34.9 Å². The van der Waals surface area contributed by atoms with Crippen LogP contribution in [0.3, 0.4) is 0 Å². The van der Waals surface area contributed by atoms with E-state index in [9.17, 15) is 0 Å². The number of hydrogen-bond acceptors (Lipinski definition) is 4. The van der Waals surface area contributed by atoms with Crippen LogP contribution in [0.4, 0.5) is 0 Å². The maximum Gasteiger partial charge on any atom is 0.414 e. The fraction of sp³-hybridized carbons (Fsp3) is 0.467. The van der Waals surface area contributed by atoms with Gasteiger partial charge in [-0.1, -0.05) is 29.8 Å². The molecule has 0 aliphatic carbocycles. The zero-order valence-corrected chi connectivity index (χ0v) is 13.2. The van der Waals surface area contributed by atoms with Gasteiger partial charge >= 0.3 is 11.9 Å². The van der Waals surface area contributed by atoms with Crippen molar-refractivity contribution in [1.82, 2.24) is 10.2 Å². The molecule has 0 radical (unpaired) electrons. The first kappa shape index (κ1) is 18.4. The van der Waals surface area contributed by atoms with Gasteiger partial charge in [0.1, 0.15) is 0 Å². The van der Waals surface area contributed by atoms with E-state index in [-0.39, 0.29) is 0 Å². The van der Waals surface area contributed by atoms with Gasteiger partial charge in [-0.05, 0) is 44.6 Å². The molecule has 2 rings (SSSR count). The first-order valence-corrected chi connectivity index (χ1v) is 7.39. The predicted molar refractivity (Wildman–Crippen MR) is 84.1 cm³/mol. The van der Waals surface area contributed by atoms with Crippen molar-refractivity contribution in [2.24, 2.45) is 0 Å². The number of carboxylic acid groups (broad SMARTS) is 2. The van der Waals surface area contributed by atoms with Gasteiger partial charge < -0.3 is 20.4 Å². The molecule has 1 aromatic rings. The predicted octanol–water partition coefficient (Wildman–Crippen LogP) is 1.68. The Bertz CT molecular complexity index is 490. The molecule has 1 saturated heterocycles. The van der Waals surface area contributed by atoms with Crippen LogP contribution in [0.15, 0.2) is 24.3 Å². The van der Waals surface area contributed by atoms with Crippen molar-refractivity contribution in [3.8, 4) is 0 Å².